The van der Waals surface area contributed by atoms with Gasteiger partial charge < -0.3 is 0 Å². The zero-order valence-electron chi connectivity index (χ0n) is 10.4. The van der Waals surface area contributed by atoms with Crippen molar-refractivity contribution in [3.63, 3.8) is 0 Å². The van der Waals surface area contributed by atoms with Gasteiger partial charge in [-0.05, 0) is 29.7 Å². The maximum Gasteiger partial charge on any atom is 0.0438 e. The first-order chi connectivity index (χ1) is 8.13. The highest BCUT2D eigenvalue weighted by molar-refractivity contribution is 7.99. The largest absolute Gasteiger partial charge is 0.271 e. The number of thioether (sulfide) groups is 1. The average molecular weight is 273 g/mol. The molecule has 2 nitrogen and oxygen atoms in total. The van der Waals surface area contributed by atoms with E-state index < -0.39 is 0 Å². The number of benzene rings is 1. The van der Waals surface area contributed by atoms with Crippen molar-refractivity contribution in [3.05, 3.63) is 34.9 Å². The van der Waals surface area contributed by atoms with Crippen LogP contribution in [0.15, 0.2) is 24.3 Å². The smallest absolute Gasteiger partial charge is 0.0438 e. The van der Waals surface area contributed by atoms with Crippen molar-refractivity contribution in [2.75, 3.05) is 11.5 Å². The molecule has 96 valence electrons. The lowest BCUT2D eigenvalue weighted by atomic mass is 10.1. The number of hydrogen-bond donors (Lipinski definition) is 2. The van der Waals surface area contributed by atoms with E-state index in [4.69, 9.17) is 17.4 Å². The third-order valence-electron chi connectivity index (χ3n) is 2.43. The van der Waals surface area contributed by atoms with Crippen LogP contribution >= 0.6 is 23.4 Å². The number of nitrogens with two attached hydrogens (primary N) is 1. The van der Waals surface area contributed by atoms with E-state index in [2.05, 4.69) is 25.3 Å². The summed E-state index contributed by atoms with van der Waals surface area (Å²) in [5.41, 5.74) is 4.03. The van der Waals surface area contributed by atoms with Crippen LogP contribution in [0.5, 0.6) is 0 Å². The van der Waals surface area contributed by atoms with Gasteiger partial charge in [-0.1, -0.05) is 43.6 Å². The molecule has 1 aromatic rings. The van der Waals surface area contributed by atoms with Crippen LogP contribution < -0.4 is 11.3 Å². The zero-order chi connectivity index (χ0) is 12.7. The molecule has 0 amide bonds. The van der Waals surface area contributed by atoms with E-state index in [1.165, 1.54) is 5.75 Å². The number of halogens is 1. The minimum Gasteiger partial charge on any atom is -0.271 e. The topological polar surface area (TPSA) is 38.0 Å². The summed E-state index contributed by atoms with van der Waals surface area (Å²) in [5.74, 6) is 8.48. The first-order valence-electron chi connectivity index (χ1n) is 5.90. The Bertz CT molecular complexity index is 331. The molecule has 0 saturated heterocycles. The Balaban J connectivity index is 2.44. The summed E-state index contributed by atoms with van der Waals surface area (Å²) < 4.78 is 0. The number of rotatable bonds is 7. The highest BCUT2D eigenvalue weighted by Gasteiger charge is 2.10. The van der Waals surface area contributed by atoms with Crippen molar-refractivity contribution in [2.24, 2.45) is 11.8 Å². The summed E-state index contributed by atoms with van der Waals surface area (Å²) in [6.07, 6.45) is 0.876. The van der Waals surface area contributed by atoms with Crippen LogP contribution in [-0.4, -0.2) is 17.5 Å². The van der Waals surface area contributed by atoms with E-state index in [0.717, 1.165) is 28.7 Å². The van der Waals surface area contributed by atoms with Gasteiger partial charge >= 0.3 is 0 Å². The molecule has 0 bridgehead atoms. The molecule has 0 heterocycles. The second-order valence-corrected chi connectivity index (χ2v) is 6.07. The quantitative estimate of drug-likeness (QED) is 0.592. The van der Waals surface area contributed by atoms with Crippen molar-refractivity contribution < 1.29 is 0 Å². The Labute approximate surface area is 113 Å². The molecular formula is C13H21ClN2S. The Hall–Kier alpha value is -0.220. The summed E-state index contributed by atoms with van der Waals surface area (Å²) in [7, 11) is 0. The predicted octanol–water partition coefficient (Wildman–Crippen LogP) is 3.10. The third-order valence-corrected chi connectivity index (χ3v) is 4.34. The van der Waals surface area contributed by atoms with Gasteiger partial charge in [0.15, 0.2) is 0 Å². The van der Waals surface area contributed by atoms with Crippen LogP contribution in [0.25, 0.3) is 0 Å². The molecule has 1 unspecified atom stereocenters. The molecular weight excluding hydrogens is 252 g/mol. The molecule has 1 atom stereocenters. The van der Waals surface area contributed by atoms with E-state index in [9.17, 15) is 0 Å². The van der Waals surface area contributed by atoms with E-state index in [1.807, 2.05) is 30.0 Å². The second-order valence-electron chi connectivity index (χ2n) is 4.59. The summed E-state index contributed by atoms with van der Waals surface area (Å²) >= 11 is 8.07. The highest BCUT2D eigenvalue weighted by Crippen LogP contribution is 2.18. The fourth-order valence-electron chi connectivity index (χ4n) is 1.54. The van der Waals surface area contributed by atoms with Gasteiger partial charge in [-0.25, -0.2) is 0 Å². The molecule has 0 aliphatic carbocycles. The second kappa shape index (κ2) is 7.98. The molecule has 17 heavy (non-hydrogen) atoms. The fourth-order valence-corrected chi connectivity index (χ4v) is 2.86. The fraction of sp³-hybridized carbons (Fsp3) is 0.538. The lowest BCUT2D eigenvalue weighted by molar-refractivity contribution is 0.575. The van der Waals surface area contributed by atoms with Gasteiger partial charge in [0.2, 0.25) is 0 Å². The Morgan fingerprint density at radius 1 is 1.29 bits per heavy atom. The van der Waals surface area contributed by atoms with Crippen LogP contribution in [0.1, 0.15) is 19.4 Å². The molecule has 0 spiro atoms. The molecule has 0 radical (unpaired) electrons. The van der Waals surface area contributed by atoms with Gasteiger partial charge in [-0.15, -0.1) is 0 Å². The number of hydrazine groups is 1. The summed E-state index contributed by atoms with van der Waals surface area (Å²) in [5, 5.41) is 0.821. The van der Waals surface area contributed by atoms with Gasteiger partial charge in [0.1, 0.15) is 0 Å². The van der Waals surface area contributed by atoms with Crippen molar-refractivity contribution in [1.29, 1.82) is 0 Å². The number of nitrogens with one attached hydrogen (secondary N) is 1. The predicted molar refractivity (Wildman–Crippen MR) is 78.4 cm³/mol. The SMILES string of the molecule is CC(C)CSCC(Cc1ccccc1Cl)NN. The van der Waals surface area contributed by atoms with E-state index >= 15 is 0 Å². The van der Waals surface area contributed by atoms with Crippen LogP contribution in [-0.2, 0) is 6.42 Å². The maximum atomic E-state index is 6.13. The Morgan fingerprint density at radius 3 is 2.59 bits per heavy atom. The van der Waals surface area contributed by atoms with Gasteiger partial charge in [0.25, 0.3) is 0 Å². The van der Waals surface area contributed by atoms with Crippen molar-refractivity contribution in [3.8, 4) is 0 Å². The van der Waals surface area contributed by atoms with Gasteiger partial charge in [-0.3, -0.25) is 11.3 Å². The van der Waals surface area contributed by atoms with Crippen LogP contribution in [0.3, 0.4) is 0 Å². The maximum absolute atomic E-state index is 6.13. The van der Waals surface area contributed by atoms with E-state index in [-0.39, 0.29) is 6.04 Å². The van der Waals surface area contributed by atoms with Crippen LogP contribution in [0.4, 0.5) is 0 Å². The average Bonchev–Trinajstić information content (AvgIpc) is 2.30. The minimum absolute atomic E-state index is 0.277. The van der Waals surface area contributed by atoms with Crippen molar-refractivity contribution >= 4 is 23.4 Å². The first-order valence-corrected chi connectivity index (χ1v) is 7.44. The highest BCUT2D eigenvalue weighted by atomic mass is 35.5. The lowest BCUT2D eigenvalue weighted by Gasteiger charge is -2.17. The molecule has 0 aliphatic rings. The zero-order valence-corrected chi connectivity index (χ0v) is 12.0. The Kier molecular flexibility index (Phi) is 6.97. The Morgan fingerprint density at radius 2 is 2.00 bits per heavy atom. The summed E-state index contributed by atoms with van der Waals surface area (Å²) in [6.45, 7) is 4.46. The molecule has 0 saturated carbocycles. The van der Waals surface area contributed by atoms with Crippen molar-refractivity contribution in [1.82, 2.24) is 5.43 Å². The first kappa shape index (κ1) is 14.8. The van der Waals surface area contributed by atoms with Crippen molar-refractivity contribution in [2.45, 2.75) is 26.3 Å². The molecule has 0 aromatic heterocycles. The number of hydrogen-bond acceptors (Lipinski definition) is 3. The molecule has 0 aliphatic heterocycles. The molecule has 3 N–H and O–H groups in total. The molecule has 1 rings (SSSR count). The monoisotopic (exact) mass is 272 g/mol. The van der Waals surface area contributed by atoms with Crippen LogP contribution in [0.2, 0.25) is 5.02 Å². The van der Waals surface area contributed by atoms with E-state index in [0.29, 0.717) is 0 Å². The van der Waals surface area contributed by atoms with Gasteiger partial charge in [-0.2, -0.15) is 11.8 Å². The molecule has 4 heteroatoms. The summed E-state index contributed by atoms with van der Waals surface area (Å²) in [4.78, 5) is 0. The minimum atomic E-state index is 0.277. The van der Waals surface area contributed by atoms with Gasteiger partial charge in [0.05, 0.1) is 0 Å². The summed E-state index contributed by atoms with van der Waals surface area (Å²) in [6, 6.07) is 8.21. The normalized spacial score (nSPS) is 13.0. The van der Waals surface area contributed by atoms with Crippen LogP contribution in [0, 0.1) is 5.92 Å². The third kappa shape index (κ3) is 5.77. The molecule has 0 fully saturated rings. The van der Waals surface area contributed by atoms with Gasteiger partial charge in [0, 0.05) is 16.8 Å². The molecule has 1 aromatic carbocycles. The lowest BCUT2D eigenvalue weighted by Crippen LogP contribution is -2.38. The standard InChI is InChI=1S/C13H21ClN2S/c1-10(2)8-17-9-12(16-15)7-11-5-3-4-6-13(11)14/h3-6,10,12,16H,7-9,15H2,1-2H3. The van der Waals surface area contributed by atoms with E-state index in [1.54, 1.807) is 0 Å².